The molecule has 0 radical (unpaired) electrons. The standard InChI is InChI=1S/C39H64N4O16/c1-3-4-5-6-7-8-9-10-11-12-13-14-15-16-25(47)41-28-32(52)29(49)23(56-38(28)59-37-27(40-21(2)45)31(51)30(50)24(20-44)57-37)19-22(46)35-33(53)34(54)36(58-35)43-18-17-26(48)42-39(43)55/h15-18,22-24,27-38,44,46,49-54H,3-14,19-20H2,1-2H3,(H,40,45)(H,41,47)(H,42,48,55)/b16-15+/t22-,23+,24-,27-,28-,29+,30-,31-,32-,33+,34-,35-,36-,37+,38+/m1/s1. The summed E-state index contributed by atoms with van der Waals surface area (Å²) in [5.41, 5.74) is -1.68. The molecule has 1 aromatic rings. The summed E-state index contributed by atoms with van der Waals surface area (Å²) < 4.78 is 24.1. The smallest absolute Gasteiger partial charge is 0.330 e. The molecule has 0 unspecified atom stereocenters. The van der Waals surface area contributed by atoms with E-state index in [1.165, 1.54) is 51.0 Å². The number of carbonyl (C=O) groups excluding carboxylic acids is 2. The van der Waals surface area contributed by atoms with Crippen LogP contribution in [0.1, 0.15) is 104 Å². The molecule has 3 saturated heterocycles. The minimum atomic E-state index is -1.85. The normalized spacial score (nSPS) is 34.2. The van der Waals surface area contributed by atoms with Gasteiger partial charge in [-0.2, -0.15) is 0 Å². The maximum absolute atomic E-state index is 13.1. The summed E-state index contributed by atoms with van der Waals surface area (Å²) in [6.45, 7) is 2.55. The van der Waals surface area contributed by atoms with E-state index >= 15 is 0 Å². The second kappa shape index (κ2) is 23.8. The fourth-order valence-corrected chi connectivity index (χ4v) is 7.68. The Balaban J connectivity index is 1.44. The van der Waals surface area contributed by atoms with Crippen molar-refractivity contribution in [2.75, 3.05) is 6.61 Å². The number of rotatable bonds is 22. The highest BCUT2D eigenvalue weighted by molar-refractivity contribution is 5.87. The number of aromatic amines is 1. The van der Waals surface area contributed by atoms with E-state index in [1.54, 1.807) is 6.08 Å². The molecule has 20 nitrogen and oxygen atoms in total. The van der Waals surface area contributed by atoms with Crippen molar-refractivity contribution >= 4 is 11.8 Å². The summed E-state index contributed by atoms with van der Waals surface area (Å²) in [7, 11) is 0. The van der Waals surface area contributed by atoms with Gasteiger partial charge in [-0.1, -0.05) is 77.2 Å². The molecule has 59 heavy (non-hydrogen) atoms. The number of hydrogen-bond donors (Lipinski definition) is 11. The lowest BCUT2D eigenvalue weighted by atomic mass is 9.91. The molecule has 2 amide bonds. The topological polar surface area (TPSA) is 312 Å². The fourth-order valence-electron chi connectivity index (χ4n) is 7.68. The third-order valence-corrected chi connectivity index (χ3v) is 11.0. The summed E-state index contributed by atoms with van der Waals surface area (Å²) >= 11 is 0. The number of ether oxygens (including phenoxy) is 4. The van der Waals surface area contributed by atoms with Crippen LogP contribution in [0.2, 0.25) is 0 Å². The van der Waals surface area contributed by atoms with E-state index in [-0.39, 0.29) is 0 Å². The van der Waals surface area contributed by atoms with Gasteiger partial charge >= 0.3 is 5.69 Å². The lowest BCUT2D eigenvalue weighted by Gasteiger charge is -2.47. The Kier molecular flexibility index (Phi) is 19.6. The molecular weight excluding hydrogens is 780 g/mol. The molecule has 15 atom stereocenters. The second-order valence-corrected chi connectivity index (χ2v) is 15.6. The van der Waals surface area contributed by atoms with Crippen LogP contribution in [0, 0.1) is 0 Å². The summed E-state index contributed by atoms with van der Waals surface area (Å²) in [6.07, 6.45) is -5.00. The molecule has 3 aliphatic heterocycles. The maximum atomic E-state index is 13.1. The minimum absolute atomic E-state index is 0.597. The Morgan fingerprint density at radius 2 is 1.36 bits per heavy atom. The number of nitrogens with zero attached hydrogens (tertiary/aromatic N) is 1. The van der Waals surface area contributed by atoms with Crippen LogP contribution >= 0.6 is 0 Å². The van der Waals surface area contributed by atoms with E-state index in [1.807, 2.05) is 4.98 Å². The number of nitrogens with one attached hydrogen (secondary N) is 3. The van der Waals surface area contributed by atoms with Crippen molar-refractivity contribution in [3.8, 4) is 0 Å². The number of carbonyl (C=O) groups is 2. The Bertz CT molecular complexity index is 1590. The van der Waals surface area contributed by atoms with Crippen LogP contribution in [-0.4, -0.2) is 155 Å². The van der Waals surface area contributed by atoms with Gasteiger partial charge < -0.3 is 70.4 Å². The zero-order valence-corrected chi connectivity index (χ0v) is 33.7. The van der Waals surface area contributed by atoms with Crippen LogP contribution in [-0.2, 0) is 28.5 Å². The molecule has 11 N–H and O–H groups in total. The molecule has 4 heterocycles. The molecule has 0 bridgehead atoms. The number of aromatic nitrogens is 2. The molecule has 0 aromatic carbocycles. The largest absolute Gasteiger partial charge is 0.394 e. The van der Waals surface area contributed by atoms with Crippen LogP contribution in [0.5, 0.6) is 0 Å². The van der Waals surface area contributed by atoms with Gasteiger partial charge in [0.05, 0.1) is 18.8 Å². The van der Waals surface area contributed by atoms with Gasteiger partial charge in [0.2, 0.25) is 11.8 Å². The Labute approximate surface area is 342 Å². The number of allylic oxidation sites excluding steroid dienone is 1. The first-order valence-electron chi connectivity index (χ1n) is 20.7. The van der Waals surface area contributed by atoms with Gasteiger partial charge in [-0.3, -0.25) is 23.9 Å². The average Bonchev–Trinajstić information content (AvgIpc) is 3.49. The predicted octanol–water partition coefficient (Wildman–Crippen LogP) is -1.94. The van der Waals surface area contributed by atoms with Gasteiger partial charge in [0.1, 0.15) is 60.9 Å². The lowest BCUT2D eigenvalue weighted by Crippen LogP contribution is -2.68. The van der Waals surface area contributed by atoms with Crippen molar-refractivity contribution < 1.29 is 69.4 Å². The van der Waals surface area contributed by atoms with E-state index in [0.717, 1.165) is 49.4 Å². The molecule has 0 aliphatic carbocycles. The van der Waals surface area contributed by atoms with Crippen molar-refractivity contribution in [1.82, 2.24) is 20.2 Å². The SMILES string of the molecule is CCCCCCCCCCCCC/C=C/C(=O)N[C@H]1[C@H](O[C@@H]2O[C@H](CO)[C@@H](O)[C@H](O)[C@H]2NC(C)=O)O[C@@H](C[C@@H](O)[C@H]2O[C@@H](n3ccc(=O)[nH]c3=O)[C@H](O)[C@@H]2O)[C@H](O)[C@@H]1O. The quantitative estimate of drug-likeness (QED) is 0.0447. The molecule has 0 saturated carbocycles. The van der Waals surface area contributed by atoms with Crippen LogP contribution in [0.3, 0.4) is 0 Å². The van der Waals surface area contributed by atoms with E-state index in [9.17, 15) is 60.0 Å². The summed E-state index contributed by atoms with van der Waals surface area (Å²) in [5.74, 6) is -1.35. The molecule has 3 fully saturated rings. The molecule has 0 spiro atoms. The lowest BCUT2D eigenvalue weighted by molar-refractivity contribution is -0.346. The van der Waals surface area contributed by atoms with Gasteiger partial charge in [-0.05, 0) is 18.9 Å². The van der Waals surface area contributed by atoms with E-state index in [0.29, 0.717) is 6.42 Å². The summed E-state index contributed by atoms with van der Waals surface area (Å²) in [5, 5.41) is 91.4. The van der Waals surface area contributed by atoms with Gasteiger partial charge in [0.15, 0.2) is 18.8 Å². The molecule has 20 heteroatoms. The van der Waals surface area contributed by atoms with Gasteiger partial charge in [0.25, 0.3) is 5.56 Å². The van der Waals surface area contributed by atoms with Crippen molar-refractivity contribution in [2.24, 2.45) is 0 Å². The first-order chi connectivity index (χ1) is 28.2. The summed E-state index contributed by atoms with van der Waals surface area (Å²) in [6, 6.07) is -2.01. The van der Waals surface area contributed by atoms with E-state index in [4.69, 9.17) is 18.9 Å². The first-order valence-corrected chi connectivity index (χ1v) is 20.7. The van der Waals surface area contributed by atoms with Crippen molar-refractivity contribution in [2.45, 2.75) is 189 Å². The number of unbranched alkanes of at least 4 members (excludes halogenated alkanes) is 11. The highest BCUT2D eigenvalue weighted by Gasteiger charge is 2.53. The number of H-pyrrole nitrogens is 1. The summed E-state index contributed by atoms with van der Waals surface area (Å²) in [4.78, 5) is 51.1. The van der Waals surface area contributed by atoms with Gasteiger partial charge in [-0.25, -0.2) is 4.79 Å². The Morgan fingerprint density at radius 3 is 1.93 bits per heavy atom. The van der Waals surface area contributed by atoms with Crippen molar-refractivity contribution in [3.05, 3.63) is 45.3 Å². The minimum Gasteiger partial charge on any atom is -0.394 e. The maximum Gasteiger partial charge on any atom is 0.330 e. The highest BCUT2D eigenvalue weighted by Crippen LogP contribution is 2.34. The van der Waals surface area contributed by atoms with Gasteiger partial charge in [-0.15, -0.1) is 0 Å². The third kappa shape index (κ3) is 13.4. The first kappa shape index (κ1) is 48.5. The van der Waals surface area contributed by atoms with Crippen molar-refractivity contribution in [1.29, 1.82) is 0 Å². The van der Waals surface area contributed by atoms with Crippen LogP contribution in [0.4, 0.5) is 0 Å². The third-order valence-electron chi connectivity index (χ3n) is 11.0. The monoisotopic (exact) mass is 844 g/mol. The van der Waals surface area contributed by atoms with E-state index < -0.39 is 128 Å². The molecule has 3 aliphatic rings. The Morgan fingerprint density at radius 1 is 0.797 bits per heavy atom. The zero-order valence-electron chi connectivity index (χ0n) is 33.7. The highest BCUT2D eigenvalue weighted by atomic mass is 16.8. The molecule has 4 rings (SSSR count). The van der Waals surface area contributed by atoms with Gasteiger partial charge in [0, 0.05) is 25.6 Å². The molecule has 336 valence electrons. The van der Waals surface area contributed by atoms with E-state index in [2.05, 4.69) is 17.6 Å². The van der Waals surface area contributed by atoms with Crippen molar-refractivity contribution in [3.63, 3.8) is 0 Å². The Hall–Kier alpha value is -3.12. The molecular formula is C39H64N4O16. The number of amides is 2. The fraction of sp³-hybridized carbons (Fsp3) is 0.795. The average molecular weight is 845 g/mol. The zero-order chi connectivity index (χ0) is 43.2. The number of aliphatic hydroxyl groups is 8. The second-order valence-electron chi connectivity index (χ2n) is 15.6. The van der Waals surface area contributed by atoms with Crippen LogP contribution in [0.25, 0.3) is 0 Å². The predicted molar refractivity (Wildman–Crippen MR) is 207 cm³/mol. The van der Waals surface area contributed by atoms with Crippen LogP contribution < -0.4 is 21.9 Å². The number of aliphatic hydroxyl groups excluding tert-OH is 8. The number of hydrogen-bond acceptors (Lipinski definition) is 16. The molecule has 1 aromatic heterocycles. The van der Waals surface area contributed by atoms with Crippen LogP contribution in [0.15, 0.2) is 34.0 Å².